The van der Waals surface area contributed by atoms with Crippen molar-refractivity contribution in [1.29, 1.82) is 0 Å². The highest BCUT2D eigenvalue weighted by Gasteiger charge is 2.21. The molecule has 174 valence electrons. The Labute approximate surface area is 208 Å². The number of allylic oxidation sites excluding steroid dienone is 5. The molecular formula is C31H24BNO3. The average molecular weight is 469 g/mol. The highest BCUT2D eigenvalue weighted by Crippen LogP contribution is 2.38. The molecular weight excluding hydrogens is 445 g/mol. The second-order valence-corrected chi connectivity index (χ2v) is 8.84. The summed E-state index contributed by atoms with van der Waals surface area (Å²) in [6, 6.07) is 26.3. The summed E-state index contributed by atoms with van der Waals surface area (Å²) >= 11 is 0. The predicted octanol–water partition coefficient (Wildman–Crippen LogP) is 6.64. The van der Waals surface area contributed by atoms with Gasteiger partial charge in [-0.3, -0.25) is 0 Å². The molecule has 0 spiro atoms. The molecule has 0 aliphatic heterocycles. The summed E-state index contributed by atoms with van der Waals surface area (Å²) in [5.74, 6) is 0. The van der Waals surface area contributed by atoms with Crippen LogP contribution in [-0.4, -0.2) is 21.7 Å². The number of nitrogens with zero attached hydrogens (tertiary/aromatic N) is 1. The van der Waals surface area contributed by atoms with Crippen LogP contribution in [0.4, 0.5) is 0 Å². The maximum atomic E-state index is 9.85. The summed E-state index contributed by atoms with van der Waals surface area (Å²) in [5.41, 5.74) is 6.63. The molecule has 4 aromatic carbocycles. The minimum atomic E-state index is -1.60. The lowest BCUT2D eigenvalue weighted by molar-refractivity contribution is 0.425. The third kappa shape index (κ3) is 3.41. The van der Waals surface area contributed by atoms with Crippen molar-refractivity contribution in [3.05, 3.63) is 110 Å². The zero-order chi connectivity index (χ0) is 24.8. The molecule has 2 aromatic heterocycles. The fraction of sp³-hybridized carbons (Fsp3) is 0.0323. The van der Waals surface area contributed by atoms with Gasteiger partial charge in [0, 0.05) is 38.3 Å². The molecule has 0 amide bonds. The molecule has 0 aliphatic rings. The Bertz CT molecular complexity index is 1850. The Balaban J connectivity index is 1.59. The third-order valence-corrected chi connectivity index (χ3v) is 6.70. The third-order valence-electron chi connectivity index (χ3n) is 6.70. The summed E-state index contributed by atoms with van der Waals surface area (Å²) in [5, 5.41) is 23.8. The van der Waals surface area contributed by atoms with Gasteiger partial charge in [-0.25, -0.2) is 0 Å². The summed E-state index contributed by atoms with van der Waals surface area (Å²) in [6.07, 6.45) is 8.00. The van der Waals surface area contributed by atoms with E-state index < -0.39 is 7.12 Å². The maximum Gasteiger partial charge on any atom is 0.492 e. The Morgan fingerprint density at radius 1 is 0.806 bits per heavy atom. The van der Waals surface area contributed by atoms with Crippen molar-refractivity contribution < 1.29 is 14.5 Å². The molecule has 0 unspecified atom stereocenters. The lowest BCUT2D eigenvalue weighted by atomic mass is 9.79. The van der Waals surface area contributed by atoms with Crippen molar-refractivity contribution in [2.75, 3.05) is 0 Å². The summed E-state index contributed by atoms with van der Waals surface area (Å²) < 4.78 is 8.46. The first kappa shape index (κ1) is 22.2. The first-order valence-electron chi connectivity index (χ1n) is 11.9. The smallest absolute Gasteiger partial charge is 0.456 e. The van der Waals surface area contributed by atoms with Crippen LogP contribution in [0.25, 0.3) is 60.6 Å². The Morgan fingerprint density at radius 3 is 2.33 bits per heavy atom. The Hall–Kier alpha value is -4.32. The molecule has 0 saturated heterocycles. The molecule has 2 heterocycles. The standard InChI is InChI=1S/C31H24BNO3/c1-3-4-5-10-20(2)33-28-16-7-6-11-23(28)26-19-21(17-18-29(26)33)22-12-8-13-24-25-14-9-15-27(32(34)35)31(25)36-30(22)24/h3-19,34-35H,2H2,1H3/b4-3-,10-5-. The van der Waals surface area contributed by atoms with E-state index in [2.05, 4.69) is 47.5 Å². The van der Waals surface area contributed by atoms with Gasteiger partial charge in [-0.2, -0.15) is 0 Å². The van der Waals surface area contributed by atoms with Crippen LogP contribution in [0.2, 0.25) is 0 Å². The minimum absolute atomic E-state index is 0.359. The van der Waals surface area contributed by atoms with Crippen molar-refractivity contribution in [2.24, 2.45) is 0 Å². The van der Waals surface area contributed by atoms with E-state index in [-0.39, 0.29) is 0 Å². The predicted molar refractivity (Wildman–Crippen MR) is 151 cm³/mol. The molecule has 0 bridgehead atoms. The van der Waals surface area contributed by atoms with Crippen LogP contribution in [0.3, 0.4) is 0 Å². The van der Waals surface area contributed by atoms with Crippen LogP contribution in [0.1, 0.15) is 6.92 Å². The van der Waals surface area contributed by atoms with E-state index in [1.165, 1.54) is 0 Å². The van der Waals surface area contributed by atoms with Gasteiger partial charge in [0.25, 0.3) is 0 Å². The van der Waals surface area contributed by atoms with Crippen molar-refractivity contribution >= 4 is 62.0 Å². The number of furan rings is 1. The molecule has 6 rings (SSSR count). The average Bonchev–Trinajstić information content (AvgIpc) is 3.44. The summed E-state index contributed by atoms with van der Waals surface area (Å²) in [4.78, 5) is 0. The lowest BCUT2D eigenvalue weighted by Gasteiger charge is -2.08. The second kappa shape index (κ2) is 8.72. The molecule has 2 N–H and O–H groups in total. The number of rotatable bonds is 5. The van der Waals surface area contributed by atoms with Gasteiger partial charge < -0.3 is 19.0 Å². The molecule has 0 atom stereocenters. The molecule has 0 radical (unpaired) electrons. The van der Waals surface area contributed by atoms with Crippen molar-refractivity contribution in [3.63, 3.8) is 0 Å². The van der Waals surface area contributed by atoms with Crippen LogP contribution in [0.15, 0.2) is 114 Å². The van der Waals surface area contributed by atoms with Crippen molar-refractivity contribution in [2.45, 2.75) is 6.92 Å². The van der Waals surface area contributed by atoms with E-state index >= 15 is 0 Å². The monoisotopic (exact) mass is 469 g/mol. The Kier molecular flexibility index (Phi) is 5.37. The number of hydrogen-bond acceptors (Lipinski definition) is 3. The number of benzene rings is 4. The Morgan fingerprint density at radius 2 is 1.53 bits per heavy atom. The van der Waals surface area contributed by atoms with E-state index in [1.54, 1.807) is 6.07 Å². The van der Waals surface area contributed by atoms with E-state index in [0.717, 1.165) is 55.0 Å². The number of para-hydroxylation sites is 3. The minimum Gasteiger partial charge on any atom is -0.456 e. The van der Waals surface area contributed by atoms with Gasteiger partial charge >= 0.3 is 7.12 Å². The van der Waals surface area contributed by atoms with Gasteiger partial charge in [0.15, 0.2) is 0 Å². The zero-order valence-corrected chi connectivity index (χ0v) is 19.8. The van der Waals surface area contributed by atoms with Gasteiger partial charge in [-0.1, -0.05) is 85.5 Å². The highest BCUT2D eigenvalue weighted by molar-refractivity contribution is 6.61. The number of fused-ring (bicyclic) bond motifs is 6. The van der Waals surface area contributed by atoms with E-state index in [0.29, 0.717) is 11.0 Å². The lowest BCUT2D eigenvalue weighted by Crippen LogP contribution is -2.29. The zero-order valence-electron chi connectivity index (χ0n) is 19.8. The van der Waals surface area contributed by atoms with Gasteiger partial charge in [0.2, 0.25) is 0 Å². The fourth-order valence-corrected chi connectivity index (χ4v) is 5.07. The van der Waals surface area contributed by atoms with Gasteiger partial charge in [-0.05, 0) is 36.8 Å². The number of hydrogen-bond donors (Lipinski definition) is 2. The highest BCUT2D eigenvalue weighted by atomic mass is 16.4. The first-order valence-corrected chi connectivity index (χ1v) is 11.9. The largest absolute Gasteiger partial charge is 0.492 e. The number of aromatic nitrogens is 1. The molecule has 36 heavy (non-hydrogen) atoms. The van der Waals surface area contributed by atoms with Gasteiger partial charge in [0.05, 0.1) is 11.0 Å². The molecule has 6 aromatic rings. The molecule has 0 fully saturated rings. The maximum absolute atomic E-state index is 9.85. The van der Waals surface area contributed by atoms with Crippen LogP contribution in [-0.2, 0) is 0 Å². The van der Waals surface area contributed by atoms with Crippen LogP contribution in [0.5, 0.6) is 0 Å². The van der Waals surface area contributed by atoms with E-state index in [9.17, 15) is 10.0 Å². The quantitative estimate of drug-likeness (QED) is 0.220. The normalized spacial score (nSPS) is 12.2. The van der Waals surface area contributed by atoms with Crippen LogP contribution in [0, 0.1) is 0 Å². The van der Waals surface area contributed by atoms with E-state index in [4.69, 9.17) is 4.42 Å². The summed E-state index contributed by atoms with van der Waals surface area (Å²) in [6.45, 7) is 6.31. The second-order valence-electron chi connectivity index (χ2n) is 8.84. The molecule has 4 nitrogen and oxygen atoms in total. The molecule has 0 aliphatic carbocycles. The first-order chi connectivity index (χ1) is 17.6. The van der Waals surface area contributed by atoms with Gasteiger partial charge in [0.1, 0.15) is 11.2 Å². The van der Waals surface area contributed by atoms with Crippen LogP contribution >= 0.6 is 0 Å². The van der Waals surface area contributed by atoms with Crippen LogP contribution < -0.4 is 5.46 Å². The van der Waals surface area contributed by atoms with Gasteiger partial charge in [-0.15, -0.1) is 0 Å². The molecule has 5 heteroatoms. The van der Waals surface area contributed by atoms with E-state index in [1.807, 2.05) is 67.6 Å². The van der Waals surface area contributed by atoms with Crippen molar-refractivity contribution in [3.8, 4) is 11.1 Å². The SMILES string of the molecule is C=C(/C=C\C=C/C)n1c2ccccc2c2cc(-c3cccc4c3oc3c(B(O)O)cccc34)ccc21. The fourth-order valence-electron chi connectivity index (χ4n) is 5.07. The molecule has 0 saturated carbocycles. The summed E-state index contributed by atoms with van der Waals surface area (Å²) in [7, 11) is -1.60. The topological polar surface area (TPSA) is 58.5 Å². The van der Waals surface area contributed by atoms with Crippen molar-refractivity contribution in [1.82, 2.24) is 4.57 Å².